The summed E-state index contributed by atoms with van der Waals surface area (Å²) in [5, 5.41) is 0. The molecule has 110 valence electrons. The number of hydrogen-bond donors (Lipinski definition) is 0. The second-order valence-electron chi connectivity index (χ2n) is 3.00. The van der Waals surface area contributed by atoms with Crippen LogP contribution in [0.4, 0.5) is 26.3 Å². The van der Waals surface area contributed by atoms with Crippen molar-refractivity contribution >= 4 is 7.82 Å². The highest BCUT2D eigenvalue weighted by atomic mass is 31.2. The maximum Gasteiger partial charge on any atom is 0.484 e. The van der Waals surface area contributed by atoms with Gasteiger partial charge in [-0.25, -0.2) is 22.4 Å². The molecule has 0 heterocycles. The minimum atomic E-state index is -5.49. The van der Waals surface area contributed by atoms with Crippen molar-refractivity contribution in [3.8, 4) is 0 Å². The summed E-state index contributed by atoms with van der Waals surface area (Å²) >= 11 is 0. The molecule has 0 fully saturated rings. The number of rotatable bonds is 9. The quantitative estimate of drug-likeness (QED) is 0.481. The number of halogens is 6. The molecule has 4 nitrogen and oxygen atoms in total. The summed E-state index contributed by atoms with van der Waals surface area (Å²) in [7, 11) is -5.49. The van der Waals surface area contributed by atoms with E-state index in [-0.39, 0.29) is 6.42 Å². The van der Waals surface area contributed by atoms with Gasteiger partial charge in [-0.3, -0.25) is 4.52 Å². The Bertz CT molecular complexity index is 278. The van der Waals surface area contributed by atoms with Gasteiger partial charge in [-0.15, -0.1) is 0 Å². The van der Waals surface area contributed by atoms with E-state index in [1.807, 2.05) is 0 Å². The van der Waals surface area contributed by atoms with Crippen LogP contribution >= 0.6 is 7.82 Å². The topological polar surface area (TPSA) is 44.8 Å². The van der Waals surface area contributed by atoms with Crippen LogP contribution in [0, 0.1) is 0 Å². The smallest absolute Gasteiger partial charge is 0.287 e. The third-order valence-electron chi connectivity index (χ3n) is 1.26. The van der Waals surface area contributed by atoms with E-state index in [0.29, 0.717) is 0 Å². The van der Waals surface area contributed by atoms with E-state index in [4.69, 9.17) is 0 Å². The summed E-state index contributed by atoms with van der Waals surface area (Å²) < 4.78 is 95.5. The van der Waals surface area contributed by atoms with Gasteiger partial charge in [0.1, 0.15) is 0 Å². The number of phosphoric ester groups is 1. The van der Waals surface area contributed by atoms with Gasteiger partial charge in [0, 0.05) is 0 Å². The second kappa shape index (κ2) is 6.74. The molecule has 0 aromatic carbocycles. The molecule has 0 saturated heterocycles. The van der Waals surface area contributed by atoms with Crippen LogP contribution in [0.25, 0.3) is 0 Å². The van der Waals surface area contributed by atoms with Gasteiger partial charge in [-0.2, -0.15) is 17.6 Å². The van der Waals surface area contributed by atoms with Gasteiger partial charge >= 0.3 is 20.0 Å². The summed E-state index contributed by atoms with van der Waals surface area (Å²) in [5.41, 5.74) is 0. The SMILES string of the molecule is CCCOP(=O)(OC(F)(F)CF)OC(F)(F)CF. The van der Waals surface area contributed by atoms with Crippen molar-refractivity contribution in [2.75, 3.05) is 20.0 Å². The van der Waals surface area contributed by atoms with E-state index in [2.05, 4.69) is 13.6 Å². The molecule has 0 bridgehead atoms. The first-order valence-corrected chi connectivity index (χ1v) is 6.09. The molecule has 0 aliphatic carbocycles. The molecule has 0 saturated carbocycles. The zero-order valence-corrected chi connectivity index (χ0v) is 10.1. The van der Waals surface area contributed by atoms with Crippen molar-refractivity contribution in [1.29, 1.82) is 0 Å². The van der Waals surface area contributed by atoms with Gasteiger partial charge in [0.25, 0.3) is 0 Å². The molecule has 0 N–H and O–H groups in total. The third kappa shape index (κ3) is 6.58. The van der Waals surface area contributed by atoms with Crippen LogP contribution in [-0.2, 0) is 18.1 Å². The molecular weight excluding hydrogens is 293 g/mol. The Morgan fingerprint density at radius 3 is 1.67 bits per heavy atom. The van der Waals surface area contributed by atoms with E-state index in [1.54, 1.807) is 0 Å². The Morgan fingerprint density at radius 2 is 1.39 bits per heavy atom. The van der Waals surface area contributed by atoms with Crippen LogP contribution in [0.5, 0.6) is 0 Å². The monoisotopic (exact) mass is 304 g/mol. The molecule has 11 heteroatoms. The predicted molar refractivity (Wildman–Crippen MR) is 47.9 cm³/mol. The molecular formula is C7H11F6O4P. The Hall–Kier alpha value is -0.310. The van der Waals surface area contributed by atoms with E-state index in [0.717, 1.165) is 0 Å². The minimum Gasteiger partial charge on any atom is -0.287 e. The predicted octanol–water partition coefficient (Wildman–Crippen LogP) is 3.68. The zero-order valence-electron chi connectivity index (χ0n) is 9.18. The summed E-state index contributed by atoms with van der Waals surface area (Å²) in [4.78, 5) is 0. The average molecular weight is 304 g/mol. The Labute approximate surface area is 98.8 Å². The van der Waals surface area contributed by atoms with Crippen LogP contribution in [0.2, 0.25) is 0 Å². The minimum absolute atomic E-state index is 0.0963. The van der Waals surface area contributed by atoms with Crippen molar-refractivity contribution in [3.63, 3.8) is 0 Å². The first kappa shape index (κ1) is 17.7. The molecule has 0 spiro atoms. The van der Waals surface area contributed by atoms with E-state index in [9.17, 15) is 30.9 Å². The first-order valence-electron chi connectivity index (χ1n) is 4.63. The highest BCUT2D eigenvalue weighted by Gasteiger charge is 2.49. The molecule has 0 aromatic rings. The summed E-state index contributed by atoms with van der Waals surface area (Å²) in [6, 6.07) is 0. The molecule has 0 atom stereocenters. The van der Waals surface area contributed by atoms with E-state index >= 15 is 0 Å². The van der Waals surface area contributed by atoms with Crippen LogP contribution < -0.4 is 0 Å². The van der Waals surface area contributed by atoms with E-state index < -0.39 is 40.0 Å². The molecule has 0 aliphatic heterocycles. The molecule has 0 unspecified atom stereocenters. The fourth-order valence-electron chi connectivity index (χ4n) is 0.650. The highest BCUT2D eigenvalue weighted by molar-refractivity contribution is 7.48. The second-order valence-corrected chi connectivity index (χ2v) is 4.52. The van der Waals surface area contributed by atoms with Gasteiger partial charge in [-0.1, -0.05) is 6.92 Å². The van der Waals surface area contributed by atoms with Crippen molar-refractivity contribution in [2.45, 2.75) is 25.6 Å². The van der Waals surface area contributed by atoms with Gasteiger partial charge in [0.15, 0.2) is 13.3 Å². The van der Waals surface area contributed by atoms with E-state index in [1.165, 1.54) is 6.92 Å². The lowest BCUT2D eigenvalue weighted by molar-refractivity contribution is -0.236. The third-order valence-corrected chi connectivity index (χ3v) is 2.74. The zero-order chi connectivity index (χ0) is 14.4. The number of hydrogen-bond acceptors (Lipinski definition) is 4. The Morgan fingerprint density at radius 1 is 1.00 bits per heavy atom. The fraction of sp³-hybridized carbons (Fsp3) is 1.00. The normalized spacial score (nSPS) is 13.9. The van der Waals surface area contributed by atoms with Crippen LogP contribution in [0.1, 0.15) is 13.3 Å². The number of alkyl halides is 6. The van der Waals surface area contributed by atoms with Crippen LogP contribution in [0.15, 0.2) is 0 Å². The summed E-state index contributed by atoms with van der Waals surface area (Å²) in [6.07, 6.45) is -9.19. The van der Waals surface area contributed by atoms with Crippen LogP contribution in [-0.4, -0.2) is 32.2 Å². The van der Waals surface area contributed by atoms with Gasteiger partial charge in [0.2, 0.25) is 0 Å². The van der Waals surface area contributed by atoms with Gasteiger partial charge in [-0.05, 0) is 6.42 Å². The molecule has 0 aliphatic rings. The molecule has 0 rings (SSSR count). The largest absolute Gasteiger partial charge is 0.484 e. The molecule has 0 aromatic heterocycles. The van der Waals surface area contributed by atoms with Crippen LogP contribution in [0.3, 0.4) is 0 Å². The lowest BCUT2D eigenvalue weighted by Crippen LogP contribution is -2.28. The molecule has 0 amide bonds. The first-order chi connectivity index (χ1) is 8.10. The van der Waals surface area contributed by atoms with Crippen molar-refractivity contribution in [2.24, 2.45) is 0 Å². The van der Waals surface area contributed by atoms with Crippen molar-refractivity contribution in [3.05, 3.63) is 0 Å². The standard InChI is InChI=1S/C7H11F6O4P/c1-2-3-15-18(14,16-6(10,11)4-8)17-7(12,13)5-9/h2-5H2,1H3. The Balaban J connectivity index is 4.89. The Kier molecular flexibility index (Phi) is 6.62. The highest BCUT2D eigenvalue weighted by Crippen LogP contribution is 2.56. The average Bonchev–Trinajstić information content (AvgIpc) is 2.25. The lowest BCUT2D eigenvalue weighted by Gasteiger charge is -2.24. The van der Waals surface area contributed by atoms with Gasteiger partial charge in [0.05, 0.1) is 6.61 Å². The summed E-state index contributed by atoms with van der Waals surface area (Å²) in [5.74, 6) is 0. The lowest BCUT2D eigenvalue weighted by atomic mass is 10.5. The summed E-state index contributed by atoms with van der Waals surface area (Å²) in [6.45, 7) is -3.97. The molecule has 18 heavy (non-hydrogen) atoms. The van der Waals surface area contributed by atoms with Crippen molar-refractivity contribution in [1.82, 2.24) is 0 Å². The fourth-order valence-corrected chi connectivity index (χ4v) is 1.95. The molecule has 0 radical (unpaired) electrons. The van der Waals surface area contributed by atoms with Crippen molar-refractivity contribution < 1.29 is 44.5 Å². The number of phosphoric acid groups is 1. The van der Waals surface area contributed by atoms with Gasteiger partial charge < -0.3 is 0 Å². The maximum absolute atomic E-state index is 12.5. The maximum atomic E-state index is 12.5.